The topological polar surface area (TPSA) is 178 Å². The largest absolute Gasteiger partial charge is 0.504 e. The Morgan fingerprint density at radius 2 is 1.87 bits per heavy atom. The van der Waals surface area contributed by atoms with E-state index >= 15 is 0 Å². The van der Waals surface area contributed by atoms with Crippen molar-refractivity contribution >= 4 is 46.1 Å². The molecule has 4 aromatic heterocycles. The zero-order valence-corrected chi connectivity index (χ0v) is 28.6. The normalized spacial score (nSPS) is 16.1. The molecule has 1 aromatic carbocycles. The Hall–Kier alpha value is -5.49. The van der Waals surface area contributed by atoms with E-state index in [0.717, 1.165) is 22.7 Å². The van der Waals surface area contributed by atoms with Gasteiger partial charge in [0, 0.05) is 42.8 Å². The lowest BCUT2D eigenvalue weighted by atomic mass is 10.0. The maximum absolute atomic E-state index is 14.4. The van der Waals surface area contributed by atoms with Gasteiger partial charge in [-0.05, 0) is 37.5 Å². The third-order valence-corrected chi connectivity index (χ3v) is 9.65. The Balaban J connectivity index is 1.33. The minimum absolute atomic E-state index is 0.0311. The molecule has 3 N–H and O–H groups in total. The first-order chi connectivity index (χ1) is 24.8. The SMILES string of the molecule is CCc1c(N2CCN(C(=O)c3nc4ccnn4c(C)c3O)CC2)c(=O)n2nc(C3=CCOCC3)nc2n1C(C(N)=O)c1ccc(C(F)(F)F)cc1Cl. The number of amides is 2. The van der Waals surface area contributed by atoms with Crippen LogP contribution in [0, 0.1) is 6.92 Å². The molecule has 15 nitrogen and oxygen atoms in total. The van der Waals surface area contributed by atoms with E-state index in [9.17, 15) is 32.7 Å². The summed E-state index contributed by atoms with van der Waals surface area (Å²) in [7, 11) is 0. The van der Waals surface area contributed by atoms with Crippen LogP contribution in [0.15, 0.2) is 41.3 Å². The zero-order chi connectivity index (χ0) is 37.1. The van der Waals surface area contributed by atoms with Gasteiger partial charge in [-0.1, -0.05) is 30.7 Å². The van der Waals surface area contributed by atoms with Crippen molar-refractivity contribution in [2.75, 3.05) is 44.3 Å². The number of hydrogen-bond acceptors (Lipinski definition) is 10. The number of carbonyl (C=O) groups excluding carboxylic acids is 2. The van der Waals surface area contributed by atoms with E-state index < -0.39 is 35.2 Å². The van der Waals surface area contributed by atoms with Gasteiger partial charge < -0.3 is 25.4 Å². The summed E-state index contributed by atoms with van der Waals surface area (Å²) in [6.07, 6.45) is -0.800. The molecule has 6 heterocycles. The van der Waals surface area contributed by atoms with Gasteiger partial charge in [0.2, 0.25) is 11.7 Å². The summed E-state index contributed by atoms with van der Waals surface area (Å²) >= 11 is 6.44. The highest BCUT2D eigenvalue weighted by atomic mass is 35.5. The van der Waals surface area contributed by atoms with Gasteiger partial charge in [-0.3, -0.25) is 19.0 Å². The van der Waals surface area contributed by atoms with Crippen molar-refractivity contribution in [3.8, 4) is 5.75 Å². The lowest BCUT2D eigenvalue weighted by Gasteiger charge is -2.37. The number of alkyl halides is 3. The van der Waals surface area contributed by atoms with Gasteiger partial charge in [0.25, 0.3) is 11.5 Å². The van der Waals surface area contributed by atoms with E-state index in [0.29, 0.717) is 42.2 Å². The summed E-state index contributed by atoms with van der Waals surface area (Å²) in [6, 6.07) is 2.73. The van der Waals surface area contributed by atoms with Gasteiger partial charge in [0.1, 0.15) is 11.7 Å². The van der Waals surface area contributed by atoms with Crippen LogP contribution in [0.2, 0.25) is 5.02 Å². The summed E-state index contributed by atoms with van der Waals surface area (Å²) in [6.45, 7) is 4.63. The molecule has 1 unspecified atom stereocenters. The Labute approximate surface area is 297 Å². The number of rotatable bonds is 7. The summed E-state index contributed by atoms with van der Waals surface area (Å²) in [5.41, 5.74) is 6.14. The molecule has 0 radical (unpaired) electrons. The predicted octanol–water partition coefficient (Wildman–Crippen LogP) is 3.02. The van der Waals surface area contributed by atoms with Gasteiger partial charge in [0.05, 0.1) is 36.4 Å². The first-order valence-corrected chi connectivity index (χ1v) is 16.7. The van der Waals surface area contributed by atoms with Gasteiger partial charge in [-0.15, -0.1) is 5.10 Å². The summed E-state index contributed by atoms with van der Waals surface area (Å²) in [4.78, 5) is 53.6. The number of aromatic nitrogens is 7. The van der Waals surface area contributed by atoms with E-state index in [1.807, 2.05) is 0 Å². The number of halogens is 4. The highest BCUT2D eigenvalue weighted by Crippen LogP contribution is 2.37. The Morgan fingerprint density at radius 3 is 2.50 bits per heavy atom. The molecule has 2 aliphatic heterocycles. The molecule has 2 amide bonds. The van der Waals surface area contributed by atoms with Crippen molar-refractivity contribution in [3.05, 3.63) is 85.9 Å². The van der Waals surface area contributed by atoms with Gasteiger partial charge in [0.15, 0.2) is 22.9 Å². The number of aryl methyl sites for hydroxylation is 1. The van der Waals surface area contributed by atoms with E-state index in [1.165, 1.54) is 20.2 Å². The molecule has 7 rings (SSSR count). The maximum Gasteiger partial charge on any atom is 0.416 e. The fourth-order valence-electron chi connectivity index (χ4n) is 6.70. The van der Waals surface area contributed by atoms with Crippen LogP contribution in [-0.4, -0.2) is 95.0 Å². The molecule has 272 valence electrons. The smallest absolute Gasteiger partial charge is 0.416 e. The van der Waals surface area contributed by atoms with Crippen LogP contribution in [0.5, 0.6) is 5.75 Å². The molecule has 52 heavy (non-hydrogen) atoms. The summed E-state index contributed by atoms with van der Waals surface area (Å²) in [5, 5.41) is 19.1. The molecule has 1 saturated heterocycles. The second-order valence-electron chi connectivity index (χ2n) is 12.3. The van der Waals surface area contributed by atoms with Crippen LogP contribution in [0.3, 0.4) is 0 Å². The van der Waals surface area contributed by atoms with Crippen molar-refractivity contribution in [2.45, 2.75) is 38.9 Å². The molecule has 0 bridgehead atoms. The highest BCUT2D eigenvalue weighted by molar-refractivity contribution is 6.31. The Morgan fingerprint density at radius 1 is 1.12 bits per heavy atom. The van der Waals surface area contributed by atoms with E-state index in [2.05, 4.69) is 20.2 Å². The monoisotopic (exact) mass is 740 g/mol. The number of carbonyl (C=O) groups is 2. The number of anilines is 1. The van der Waals surface area contributed by atoms with Gasteiger partial charge in [-0.25, -0.2) is 9.50 Å². The van der Waals surface area contributed by atoms with Crippen LogP contribution in [0.1, 0.15) is 58.2 Å². The van der Waals surface area contributed by atoms with Gasteiger partial charge in [-0.2, -0.15) is 27.8 Å². The van der Waals surface area contributed by atoms with Crippen molar-refractivity contribution in [2.24, 2.45) is 5.73 Å². The highest BCUT2D eigenvalue weighted by Gasteiger charge is 2.36. The standard InChI is InChI=1S/C33H32ClF3N10O5/c1-3-22-26(43-10-12-44(13-11-43)30(50)24-27(48)17(2)46-23(40-24)6-9-39-46)31(51)47-32(41-29(42-47)18-7-14-52-15-8-18)45(22)25(28(38)49)20-5-4-19(16-21(20)34)33(35,36)37/h4-7,9,16,25,48H,3,8,10-15H2,1-2H3,(H2,38,49). The van der Waals surface area contributed by atoms with Crippen molar-refractivity contribution in [1.82, 2.24) is 38.7 Å². The lowest BCUT2D eigenvalue weighted by molar-refractivity contribution is -0.137. The van der Waals surface area contributed by atoms with Crippen LogP contribution < -0.4 is 16.2 Å². The molecule has 19 heteroatoms. The quantitative estimate of drug-likeness (QED) is 0.252. The minimum atomic E-state index is -4.69. The number of primary amides is 1. The van der Waals surface area contributed by atoms with Crippen molar-refractivity contribution in [1.29, 1.82) is 0 Å². The van der Waals surface area contributed by atoms with Crippen LogP contribution in [-0.2, 0) is 22.1 Å². The number of piperazine rings is 1. The number of nitrogens with zero attached hydrogens (tertiary/aromatic N) is 9. The summed E-state index contributed by atoms with van der Waals surface area (Å²) < 4.78 is 50.0. The molecule has 0 saturated carbocycles. The second kappa shape index (κ2) is 13.2. The fraction of sp³-hybridized carbons (Fsp3) is 0.364. The number of hydrogen-bond donors (Lipinski definition) is 2. The van der Waals surface area contributed by atoms with Crippen LogP contribution in [0.4, 0.5) is 18.9 Å². The summed E-state index contributed by atoms with van der Waals surface area (Å²) in [5.74, 6) is -1.62. The Kier molecular flexibility index (Phi) is 8.90. The molecular formula is C33H32ClF3N10O5. The van der Waals surface area contributed by atoms with Crippen LogP contribution >= 0.6 is 11.6 Å². The average molecular weight is 741 g/mol. The third kappa shape index (κ3) is 5.90. The molecule has 5 aromatic rings. The van der Waals surface area contributed by atoms with E-state index in [4.69, 9.17) is 22.1 Å². The average Bonchev–Trinajstić information content (AvgIpc) is 3.79. The van der Waals surface area contributed by atoms with Gasteiger partial charge >= 0.3 is 6.18 Å². The molecule has 1 atom stereocenters. The molecule has 0 aliphatic carbocycles. The van der Waals surface area contributed by atoms with E-state index in [1.54, 1.807) is 30.9 Å². The maximum atomic E-state index is 14.4. The lowest BCUT2D eigenvalue weighted by Crippen LogP contribution is -2.51. The van der Waals surface area contributed by atoms with Crippen molar-refractivity contribution in [3.63, 3.8) is 0 Å². The number of ether oxygens (including phenoxy) is 1. The third-order valence-electron chi connectivity index (χ3n) is 9.32. The van der Waals surface area contributed by atoms with E-state index in [-0.39, 0.29) is 71.9 Å². The fourth-order valence-corrected chi connectivity index (χ4v) is 6.99. The molecule has 0 spiro atoms. The molecule has 1 fully saturated rings. The van der Waals surface area contributed by atoms with Crippen LogP contribution in [0.25, 0.3) is 17.0 Å². The van der Waals surface area contributed by atoms with Crippen molar-refractivity contribution < 1.29 is 32.6 Å². The second-order valence-corrected chi connectivity index (χ2v) is 12.7. The molecule has 2 aliphatic rings. The number of benzene rings is 1. The predicted molar refractivity (Wildman–Crippen MR) is 181 cm³/mol. The minimum Gasteiger partial charge on any atom is -0.504 e. The molecular weight excluding hydrogens is 709 g/mol. The number of nitrogens with two attached hydrogens (primary N) is 1. The first kappa shape index (κ1) is 34.9. The zero-order valence-electron chi connectivity index (χ0n) is 27.9. The number of fused-ring (bicyclic) bond motifs is 2. The number of aromatic hydroxyl groups is 1. The first-order valence-electron chi connectivity index (χ1n) is 16.3. The Bertz CT molecular complexity index is 2340.